The molecular formula is C15H12ClF3O5S. The molecule has 0 N–H and O–H groups in total. The number of alkyl halides is 3. The van der Waals surface area contributed by atoms with Gasteiger partial charge in [0, 0.05) is 5.02 Å². The molecule has 0 radical (unpaired) electrons. The molecule has 25 heavy (non-hydrogen) atoms. The number of hydrogen-bond acceptors (Lipinski definition) is 5. The zero-order valence-electron chi connectivity index (χ0n) is 12.8. The molecule has 0 aromatic heterocycles. The van der Waals surface area contributed by atoms with Crippen LogP contribution in [0, 0.1) is 0 Å². The number of benzene rings is 2. The number of esters is 1. The van der Waals surface area contributed by atoms with Crippen LogP contribution in [0.1, 0.15) is 12.5 Å². The van der Waals surface area contributed by atoms with E-state index >= 15 is 0 Å². The second-order valence-corrected chi connectivity index (χ2v) is 6.82. The number of hydrogen-bond donors (Lipinski definition) is 0. The van der Waals surface area contributed by atoms with E-state index in [0.717, 1.165) is 12.1 Å². The summed E-state index contributed by atoms with van der Waals surface area (Å²) in [6.45, 7) is 1.84. The number of halogens is 4. The molecule has 0 aliphatic rings. The summed E-state index contributed by atoms with van der Waals surface area (Å²) >= 11 is 6.07. The van der Waals surface area contributed by atoms with Crippen molar-refractivity contribution in [3.8, 4) is 5.75 Å². The van der Waals surface area contributed by atoms with E-state index in [1.807, 2.05) is 0 Å². The highest BCUT2D eigenvalue weighted by Crippen LogP contribution is 2.32. The maximum atomic E-state index is 12.4. The van der Waals surface area contributed by atoms with Gasteiger partial charge in [-0.05, 0) is 41.5 Å². The summed E-state index contributed by atoms with van der Waals surface area (Å²) in [7, 11) is -5.76. The van der Waals surface area contributed by atoms with Crippen LogP contribution in [0.2, 0.25) is 5.02 Å². The predicted octanol–water partition coefficient (Wildman–Crippen LogP) is 3.83. The largest absolute Gasteiger partial charge is 0.534 e. The molecule has 0 bridgehead atoms. The highest BCUT2D eigenvalue weighted by Gasteiger charge is 2.48. The summed E-state index contributed by atoms with van der Waals surface area (Å²) in [4.78, 5) is 11.7. The minimum atomic E-state index is -5.76. The van der Waals surface area contributed by atoms with E-state index in [0.29, 0.717) is 16.3 Å². The van der Waals surface area contributed by atoms with Gasteiger partial charge in [-0.1, -0.05) is 23.7 Å². The van der Waals surface area contributed by atoms with Crippen molar-refractivity contribution >= 4 is 38.5 Å². The lowest BCUT2D eigenvalue weighted by Crippen LogP contribution is -2.28. The van der Waals surface area contributed by atoms with E-state index in [9.17, 15) is 26.4 Å². The molecule has 5 nitrogen and oxygen atoms in total. The molecule has 0 saturated heterocycles. The maximum absolute atomic E-state index is 12.4. The summed E-state index contributed by atoms with van der Waals surface area (Å²) in [5.74, 6) is -1.02. The van der Waals surface area contributed by atoms with Gasteiger partial charge in [-0.15, -0.1) is 0 Å². The Balaban J connectivity index is 2.42. The Kier molecular flexibility index (Phi) is 5.48. The van der Waals surface area contributed by atoms with Crippen LogP contribution in [0.3, 0.4) is 0 Å². The Morgan fingerprint density at radius 3 is 2.48 bits per heavy atom. The second-order valence-electron chi connectivity index (χ2n) is 4.87. The van der Waals surface area contributed by atoms with Gasteiger partial charge in [-0.2, -0.15) is 21.6 Å². The molecule has 2 rings (SSSR count). The molecule has 0 spiro atoms. The fourth-order valence-electron chi connectivity index (χ4n) is 2.11. The van der Waals surface area contributed by atoms with E-state index in [-0.39, 0.29) is 18.1 Å². The lowest BCUT2D eigenvalue weighted by atomic mass is 10.0. The standard InChI is InChI=1S/C15H12ClF3O5S/c1-2-23-14(20)8-12-11-5-4-10(7-9(11)3-6-13(12)16)24-25(21,22)15(17,18)19/h3-7H,2,8H2,1H3. The number of carbonyl (C=O) groups is 1. The lowest BCUT2D eigenvalue weighted by Gasteiger charge is -2.12. The maximum Gasteiger partial charge on any atom is 0.534 e. The Morgan fingerprint density at radius 1 is 1.20 bits per heavy atom. The average Bonchev–Trinajstić information content (AvgIpc) is 2.49. The van der Waals surface area contributed by atoms with Gasteiger partial charge in [0.05, 0.1) is 13.0 Å². The van der Waals surface area contributed by atoms with Crippen molar-refractivity contribution in [2.45, 2.75) is 18.9 Å². The smallest absolute Gasteiger partial charge is 0.466 e. The van der Waals surface area contributed by atoms with Crippen LogP contribution in [0.5, 0.6) is 5.75 Å². The minimum Gasteiger partial charge on any atom is -0.466 e. The minimum absolute atomic E-state index is 0.134. The number of ether oxygens (including phenoxy) is 1. The molecule has 0 aliphatic heterocycles. The first kappa shape index (κ1) is 19.3. The molecule has 0 fully saturated rings. The van der Waals surface area contributed by atoms with Gasteiger partial charge in [0.25, 0.3) is 0 Å². The second kappa shape index (κ2) is 7.09. The van der Waals surface area contributed by atoms with E-state index < -0.39 is 27.3 Å². The van der Waals surface area contributed by atoms with Crippen LogP contribution >= 0.6 is 11.6 Å². The number of fused-ring (bicyclic) bond motifs is 1. The van der Waals surface area contributed by atoms with E-state index in [1.54, 1.807) is 6.92 Å². The summed E-state index contributed by atoms with van der Waals surface area (Å²) in [5, 5.41) is 1.10. The molecular weight excluding hydrogens is 385 g/mol. The first-order chi connectivity index (χ1) is 11.5. The van der Waals surface area contributed by atoms with Gasteiger partial charge in [-0.25, -0.2) is 0 Å². The van der Waals surface area contributed by atoms with Crippen LogP contribution in [0.15, 0.2) is 30.3 Å². The molecule has 136 valence electrons. The van der Waals surface area contributed by atoms with Gasteiger partial charge in [-0.3, -0.25) is 4.79 Å². The van der Waals surface area contributed by atoms with Crippen molar-refractivity contribution in [2.24, 2.45) is 0 Å². The predicted molar refractivity (Wildman–Crippen MR) is 84.9 cm³/mol. The molecule has 2 aromatic carbocycles. The van der Waals surface area contributed by atoms with Crippen molar-refractivity contribution in [3.63, 3.8) is 0 Å². The van der Waals surface area contributed by atoms with Crippen molar-refractivity contribution in [1.29, 1.82) is 0 Å². The monoisotopic (exact) mass is 396 g/mol. The van der Waals surface area contributed by atoms with Crippen molar-refractivity contribution in [3.05, 3.63) is 40.9 Å². The quantitative estimate of drug-likeness (QED) is 0.436. The van der Waals surface area contributed by atoms with Gasteiger partial charge >= 0.3 is 21.6 Å². The van der Waals surface area contributed by atoms with Crippen molar-refractivity contribution in [1.82, 2.24) is 0 Å². The zero-order chi connectivity index (χ0) is 18.8. The third-order valence-electron chi connectivity index (χ3n) is 3.16. The van der Waals surface area contributed by atoms with Crippen LogP contribution in [0.4, 0.5) is 13.2 Å². The fourth-order valence-corrected chi connectivity index (χ4v) is 2.79. The molecule has 0 amide bonds. The van der Waals surface area contributed by atoms with Gasteiger partial charge < -0.3 is 8.92 Å². The Labute approximate surface area is 146 Å². The third kappa shape index (κ3) is 4.35. The normalized spacial score (nSPS) is 12.2. The van der Waals surface area contributed by atoms with Crippen LogP contribution in [0.25, 0.3) is 10.8 Å². The third-order valence-corrected chi connectivity index (χ3v) is 4.49. The SMILES string of the molecule is CCOC(=O)Cc1c(Cl)ccc2cc(OS(=O)(=O)C(F)(F)F)ccc12. The summed E-state index contributed by atoms with van der Waals surface area (Å²) in [6.07, 6.45) is -0.134. The first-order valence-corrected chi connectivity index (χ1v) is 8.71. The van der Waals surface area contributed by atoms with Crippen LogP contribution in [-0.4, -0.2) is 26.5 Å². The van der Waals surface area contributed by atoms with E-state index in [2.05, 4.69) is 4.18 Å². The van der Waals surface area contributed by atoms with Crippen molar-refractivity contribution < 1.29 is 35.3 Å². The molecule has 0 heterocycles. The lowest BCUT2D eigenvalue weighted by molar-refractivity contribution is -0.142. The van der Waals surface area contributed by atoms with Gasteiger partial charge in [0.1, 0.15) is 5.75 Å². The zero-order valence-corrected chi connectivity index (χ0v) is 14.3. The molecule has 10 heteroatoms. The molecule has 0 saturated carbocycles. The van der Waals surface area contributed by atoms with Crippen LogP contribution < -0.4 is 4.18 Å². The van der Waals surface area contributed by atoms with E-state index in [4.69, 9.17) is 16.3 Å². The van der Waals surface area contributed by atoms with Crippen molar-refractivity contribution in [2.75, 3.05) is 6.61 Å². The Bertz CT molecular complexity index is 909. The van der Waals surface area contributed by atoms with Crippen LogP contribution in [-0.2, 0) is 26.1 Å². The van der Waals surface area contributed by atoms with Gasteiger partial charge in [0.15, 0.2) is 0 Å². The summed E-state index contributed by atoms with van der Waals surface area (Å²) in [5.41, 5.74) is -5.11. The molecule has 2 aromatic rings. The Morgan fingerprint density at radius 2 is 1.88 bits per heavy atom. The highest BCUT2D eigenvalue weighted by molar-refractivity contribution is 7.88. The number of carbonyl (C=O) groups excluding carboxylic acids is 1. The number of rotatable bonds is 5. The van der Waals surface area contributed by atoms with E-state index in [1.165, 1.54) is 18.2 Å². The summed E-state index contributed by atoms with van der Waals surface area (Å²) in [6, 6.07) is 6.41. The fraction of sp³-hybridized carbons (Fsp3) is 0.267. The summed E-state index contributed by atoms with van der Waals surface area (Å²) < 4.78 is 68.2. The topological polar surface area (TPSA) is 69.7 Å². The molecule has 0 unspecified atom stereocenters. The molecule has 0 atom stereocenters. The average molecular weight is 397 g/mol. The molecule has 0 aliphatic carbocycles. The Hall–Kier alpha value is -2.00. The first-order valence-electron chi connectivity index (χ1n) is 6.92. The highest BCUT2D eigenvalue weighted by atomic mass is 35.5. The van der Waals surface area contributed by atoms with Gasteiger partial charge in [0.2, 0.25) is 0 Å².